The standard InChI is InChI=1S/C34H29Cl2FN4O8S2/c1-46-23-9-7-21(30(15-23)47-2)18-41(34-39-19-40-50-34)51(44,45)32-16-25(36)31(17-26(32)37)49-29-10-8-22(35)14-24(29)20-11-12-38-27(13-20)28(42)5-4-6-33(43)48-3/h7-17,19H,4-6,18H2,1-3H3. The Bertz CT molecular complexity index is 2170. The second kappa shape index (κ2) is 16.5. The van der Waals surface area contributed by atoms with Gasteiger partial charge in [0.05, 0.1) is 32.9 Å². The van der Waals surface area contributed by atoms with Crippen LogP contribution in [0.25, 0.3) is 11.1 Å². The number of aromatic nitrogens is 3. The normalized spacial score (nSPS) is 11.2. The number of halogens is 3. The molecular weight excluding hydrogens is 746 g/mol. The monoisotopic (exact) mass is 774 g/mol. The maximum Gasteiger partial charge on any atom is 0.305 e. The number of esters is 1. The van der Waals surface area contributed by atoms with Crippen LogP contribution < -0.4 is 18.5 Å². The first-order valence-electron chi connectivity index (χ1n) is 15.0. The molecule has 17 heteroatoms. The van der Waals surface area contributed by atoms with Crippen molar-refractivity contribution >= 4 is 61.6 Å². The number of pyridine rings is 1. The average molecular weight is 776 g/mol. The summed E-state index contributed by atoms with van der Waals surface area (Å²) in [4.78, 5) is 31.7. The molecule has 0 radical (unpaired) electrons. The van der Waals surface area contributed by atoms with Crippen molar-refractivity contribution in [3.8, 4) is 34.1 Å². The third kappa shape index (κ3) is 8.73. The van der Waals surface area contributed by atoms with E-state index >= 15 is 4.39 Å². The molecule has 5 aromatic rings. The van der Waals surface area contributed by atoms with Gasteiger partial charge in [0.1, 0.15) is 45.7 Å². The smallest absolute Gasteiger partial charge is 0.305 e. The van der Waals surface area contributed by atoms with E-state index in [9.17, 15) is 18.0 Å². The Morgan fingerprint density at radius 2 is 1.71 bits per heavy atom. The molecule has 0 saturated heterocycles. The number of ether oxygens (including phenoxy) is 4. The van der Waals surface area contributed by atoms with Gasteiger partial charge in [-0.15, -0.1) is 0 Å². The van der Waals surface area contributed by atoms with Crippen LogP contribution in [0.4, 0.5) is 9.52 Å². The molecule has 0 spiro atoms. The minimum Gasteiger partial charge on any atom is -0.497 e. The molecule has 12 nitrogen and oxygen atoms in total. The van der Waals surface area contributed by atoms with E-state index in [1.807, 2.05) is 0 Å². The summed E-state index contributed by atoms with van der Waals surface area (Å²) in [6.07, 6.45) is 3.06. The zero-order chi connectivity index (χ0) is 36.7. The Morgan fingerprint density at radius 3 is 2.41 bits per heavy atom. The summed E-state index contributed by atoms with van der Waals surface area (Å²) < 4.78 is 70.2. The predicted molar refractivity (Wildman–Crippen MR) is 189 cm³/mol. The molecule has 0 aliphatic rings. The first-order chi connectivity index (χ1) is 24.4. The number of methoxy groups -OCH3 is 3. The summed E-state index contributed by atoms with van der Waals surface area (Å²) in [6.45, 7) is -0.282. The van der Waals surface area contributed by atoms with Crippen molar-refractivity contribution in [2.75, 3.05) is 25.6 Å². The third-order valence-corrected chi connectivity index (χ3v) is 10.5. The molecule has 3 aromatic carbocycles. The highest BCUT2D eigenvalue weighted by Crippen LogP contribution is 2.40. The molecule has 0 bridgehead atoms. The number of carbonyl (C=O) groups is 2. The van der Waals surface area contributed by atoms with Crippen LogP contribution in [-0.2, 0) is 26.1 Å². The lowest BCUT2D eigenvalue weighted by molar-refractivity contribution is -0.140. The van der Waals surface area contributed by atoms with E-state index in [4.69, 9.17) is 37.4 Å². The number of nitrogens with zero attached hydrogens (tertiary/aromatic N) is 4. The fraction of sp³-hybridized carbons (Fsp3) is 0.206. The van der Waals surface area contributed by atoms with Gasteiger partial charge in [-0.1, -0.05) is 23.2 Å². The molecule has 2 aromatic heterocycles. The van der Waals surface area contributed by atoms with Crippen LogP contribution in [0, 0.1) is 5.82 Å². The van der Waals surface area contributed by atoms with Gasteiger partial charge in [-0.3, -0.25) is 14.6 Å². The zero-order valence-corrected chi connectivity index (χ0v) is 30.4. The van der Waals surface area contributed by atoms with Gasteiger partial charge in [0.2, 0.25) is 5.13 Å². The molecule has 266 valence electrons. The third-order valence-electron chi connectivity index (χ3n) is 7.46. The van der Waals surface area contributed by atoms with Gasteiger partial charge >= 0.3 is 5.97 Å². The molecule has 0 amide bonds. The molecule has 0 fully saturated rings. The highest BCUT2D eigenvalue weighted by molar-refractivity contribution is 7.93. The van der Waals surface area contributed by atoms with E-state index in [1.54, 1.807) is 30.3 Å². The Hall–Kier alpha value is -4.83. The largest absolute Gasteiger partial charge is 0.497 e. The highest BCUT2D eigenvalue weighted by atomic mass is 35.5. The predicted octanol–water partition coefficient (Wildman–Crippen LogP) is 7.78. The van der Waals surface area contributed by atoms with Crippen LogP contribution in [0.15, 0.2) is 78.1 Å². The number of Topliss-reactive ketones (excluding diaryl/α,β-unsaturated/α-hetero) is 1. The summed E-state index contributed by atoms with van der Waals surface area (Å²) >= 11 is 13.7. The van der Waals surface area contributed by atoms with Crippen LogP contribution >= 0.6 is 34.7 Å². The van der Waals surface area contributed by atoms with Crippen molar-refractivity contribution in [1.29, 1.82) is 0 Å². The number of hydrogen-bond acceptors (Lipinski definition) is 12. The number of benzene rings is 3. The van der Waals surface area contributed by atoms with Gasteiger partial charge in [-0.2, -0.15) is 4.37 Å². The highest BCUT2D eigenvalue weighted by Gasteiger charge is 2.32. The first kappa shape index (κ1) is 37.4. The van der Waals surface area contributed by atoms with Gasteiger partial charge in [0, 0.05) is 58.9 Å². The van der Waals surface area contributed by atoms with Crippen LogP contribution in [0.5, 0.6) is 23.0 Å². The quantitative estimate of drug-likeness (QED) is 0.0759. The lowest BCUT2D eigenvalue weighted by atomic mass is 10.0. The van der Waals surface area contributed by atoms with Gasteiger partial charge in [0.15, 0.2) is 5.78 Å². The number of sulfonamides is 1. The Kier molecular flexibility index (Phi) is 12.1. The molecule has 0 saturated carbocycles. The van der Waals surface area contributed by atoms with Crippen LogP contribution in [0.2, 0.25) is 10.0 Å². The SMILES string of the molecule is COC(=O)CCCC(=O)c1cc(-c2cc(Cl)ccc2Oc2cc(F)c(S(=O)(=O)N(Cc3ccc(OC)cc3OC)c3ncns3)cc2Cl)ccn1. The Labute approximate surface area is 306 Å². The number of rotatable bonds is 15. The molecule has 2 heterocycles. The second-order valence-corrected chi connectivity index (χ2v) is 14.1. The molecule has 0 atom stereocenters. The Balaban J connectivity index is 1.45. The lowest BCUT2D eigenvalue weighted by Gasteiger charge is -2.23. The van der Waals surface area contributed by atoms with E-state index in [1.165, 1.54) is 52.1 Å². The summed E-state index contributed by atoms with van der Waals surface area (Å²) in [6, 6.07) is 14.5. The number of hydrogen-bond donors (Lipinski definition) is 0. The number of anilines is 1. The van der Waals surface area contributed by atoms with Gasteiger partial charge < -0.3 is 18.9 Å². The van der Waals surface area contributed by atoms with Crippen molar-refractivity contribution in [3.63, 3.8) is 0 Å². The van der Waals surface area contributed by atoms with Gasteiger partial charge in [-0.25, -0.2) is 22.1 Å². The fourth-order valence-corrected chi connectivity index (χ4v) is 7.53. The van der Waals surface area contributed by atoms with Crippen LogP contribution in [0.3, 0.4) is 0 Å². The molecule has 0 N–H and O–H groups in total. The number of carbonyl (C=O) groups excluding carboxylic acids is 2. The van der Waals surface area contributed by atoms with Gasteiger partial charge in [0.25, 0.3) is 10.0 Å². The lowest BCUT2D eigenvalue weighted by Crippen LogP contribution is -2.31. The fourth-order valence-electron chi connectivity index (χ4n) is 4.88. The Morgan fingerprint density at radius 1 is 0.902 bits per heavy atom. The van der Waals surface area contributed by atoms with Crippen molar-refractivity contribution in [2.45, 2.75) is 30.7 Å². The van der Waals surface area contributed by atoms with E-state index in [0.29, 0.717) is 33.2 Å². The molecule has 0 unspecified atom stereocenters. The summed E-state index contributed by atoms with van der Waals surface area (Å²) in [7, 11) is -0.448. The van der Waals surface area contributed by atoms with Crippen molar-refractivity contribution in [3.05, 3.63) is 100 Å². The maximum absolute atomic E-state index is 15.9. The second-order valence-electron chi connectivity index (χ2n) is 10.7. The summed E-state index contributed by atoms with van der Waals surface area (Å²) in [5, 5.41) is 0.101. The van der Waals surface area contributed by atoms with Crippen LogP contribution in [0.1, 0.15) is 35.3 Å². The molecular formula is C34H29Cl2FN4O8S2. The average Bonchev–Trinajstić information content (AvgIpc) is 3.67. The summed E-state index contributed by atoms with van der Waals surface area (Å²) in [5.41, 5.74) is 1.50. The van der Waals surface area contributed by atoms with Gasteiger partial charge in [-0.05, 0) is 60.5 Å². The first-order valence-corrected chi connectivity index (χ1v) is 17.9. The van der Waals surface area contributed by atoms with Crippen molar-refractivity contribution in [1.82, 2.24) is 14.3 Å². The van der Waals surface area contributed by atoms with Crippen molar-refractivity contribution < 1.29 is 41.3 Å². The summed E-state index contributed by atoms with van der Waals surface area (Å²) in [5.74, 6) is -1.05. The molecule has 0 aliphatic carbocycles. The van der Waals surface area contributed by atoms with Crippen LogP contribution in [-0.4, -0.2) is 55.8 Å². The molecule has 5 rings (SSSR count). The molecule has 0 aliphatic heterocycles. The molecule has 51 heavy (non-hydrogen) atoms. The van der Waals surface area contributed by atoms with E-state index in [0.717, 1.165) is 28.0 Å². The minimum atomic E-state index is -4.63. The maximum atomic E-state index is 15.9. The zero-order valence-electron chi connectivity index (χ0n) is 27.3. The minimum absolute atomic E-state index is 0.0202. The number of ketones is 1. The van der Waals surface area contributed by atoms with E-state index in [2.05, 4.69) is 19.1 Å². The van der Waals surface area contributed by atoms with E-state index in [-0.39, 0.29) is 58.9 Å². The van der Waals surface area contributed by atoms with Crippen molar-refractivity contribution in [2.24, 2.45) is 0 Å². The van der Waals surface area contributed by atoms with E-state index < -0.39 is 26.7 Å². The topological polar surface area (TPSA) is 147 Å².